The Morgan fingerprint density at radius 3 is 2.09 bits per heavy atom. The number of carbonyl (C=O) groups excluding carboxylic acids is 3. The summed E-state index contributed by atoms with van der Waals surface area (Å²) < 4.78 is 29.8. The van der Waals surface area contributed by atoms with Crippen LogP contribution in [0.25, 0.3) is 0 Å². The zero-order chi connectivity index (χ0) is 24.8. The number of piperazine rings is 1. The molecule has 1 fully saturated rings. The fraction of sp³-hybridized carbons (Fsp3) is 0.400. The van der Waals surface area contributed by atoms with Crippen LogP contribution in [0, 0.1) is 12.8 Å². The molecule has 1 unspecified atom stereocenters. The van der Waals surface area contributed by atoms with Gasteiger partial charge in [-0.1, -0.05) is 43.7 Å². The van der Waals surface area contributed by atoms with Crippen molar-refractivity contribution in [1.29, 1.82) is 0 Å². The number of halogens is 2. The average Bonchev–Trinajstić information content (AvgIpc) is 2.82. The summed E-state index contributed by atoms with van der Waals surface area (Å²) in [5.41, 5.74) is 1.56. The highest BCUT2D eigenvalue weighted by atomic mass is 19.3. The number of ether oxygens (including phenoxy) is 1. The number of carbonyl (C=O) groups is 3. The molecule has 3 rings (SSSR count). The van der Waals surface area contributed by atoms with Crippen LogP contribution in [-0.2, 0) is 4.79 Å². The van der Waals surface area contributed by atoms with Gasteiger partial charge in [0.1, 0.15) is 11.8 Å². The highest BCUT2D eigenvalue weighted by molar-refractivity contribution is 5.98. The van der Waals surface area contributed by atoms with Crippen molar-refractivity contribution in [2.24, 2.45) is 5.92 Å². The summed E-state index contributed by atoms with van der Waals surface area (Å²) in [5.74, 6) is -1.29. The van der Waals surface area contributed by atoms with E-state index in [4.69, 9.17) is 0 Å². The first-order valence-corrected chi connectivity index (χ1v) is 11.2. The zero-order valence-corrected chi connectivity index (χ0v) is 19.5. The Kier molecular flexibility index (Phi) is 8.20. The second-order valence-corrected chi connectivity index (χ2v) is 8.55. The molecule has 1 atom stereocenters. The van der Waals surface area contributed by atoms with Gasteiger partial charge in [0.2, 0.25) is 5.91 Å². The molecular weight excluding hydrogens is 444 g/mol. The van der Waals surface area contributed by atoms with Crippen molar-refractivity contribution >= 4 is 17.7 Å². The van der Waals surface area contributed by atoms with E-state index in [1.54, 1.807) is 23.1 Å². The normalized spacial score (nSPS) is 14.8. The summed E-state index contributed by atoms with van der Waals surface area (Å²) in [6, 6.07) is 12.2. The SMILES string of the molecule is Cc1ccc(C(=O)NC(C(=O)N2CCN(C(=O)c3ccccc3OC(F)F)CC2)C(C)C)cc1. The van der Waals surface area contributed by atoms with E-state index in [0.29, 0.717) is 5.56 Å². The van der Waals surface area contributed by atoms with Crippen molar-refractivity contribution in [3.05, 3.63) is 65.2 Å². The number of amides is 3. The third-order valence-corrected chi connectivity index (χ3v) is 5.75. The Morgan fingerprint density at radius 1 is 0.912 bits per heavy atom. The predicted molar refractivity (Wildman–Crippen MR) is 123 cm³/mol. The quantitative estimate of drug-likeness (QED) is 0.669. The van der Waals surface area contributed by atoms with Gasteiger partial charge in [-0.15, -0.1) is 0 Å². The monoisotopic (exact) mass is 473 g/mol. The highest BCUT2D eigenvalue weighted by Gasteiger charge is 2.32. The van der Waals surface area contributed by atoms with Crippen LogP contribution in [0.1, 0.15) is 40.1 Å². The Balaban J connectivity index is 1.63. The average molecular weight is 474 g/mol. The van der Waals surface area contributed by atoms with E-state index in [2.05, 4.69) is 10.1 Å². The van der Waals surface area contributed by atoms with Gasteiger partial charge >= 0.3 is 6.61 Å². The molecule has 0 spiro atoms. The Hall–Kier alpha value is -3.49. The van der Waals surface area contributed by atoms with Gasteiger partial charge in [0.05, 0.1) is 5.56 Å². The van der Waals surface area contributed by atoms with Crippen LogP contribution in [0.2, 0.25) is 0 Å². The number of para-hydroxylation sites is 1. The minimum atomic E-state index is -3.04. The molecule has 1 aliphatic rings. The van der Waals surface area contributed by atoms with Crippen molar-refractivity contribution in [3.8, 4) is 5.75 Å². The molecule has 1 aliphatic heterocycles. The molecular formula is C25H29F2N3O4. The van der Waals surface area contributed by atoms with E-state index in [1.165, 1.54) is 23.1 Å². The highest BCUT2D eigenvalue weighted by Crippen LogP contribution is 2.23. The van der Waals surface area contributed by atoms with Crippen LogP contribution in [0.5, 0.6) is 5.75 Å². The van der Waals surface area contributed by atoms with Gasteiger partial charge in [-0.3, -0.25) is 14.4 Å². The third-order valence-electron chi connectivity index (χ3n) is 5.75. The lowest BCUT2D eigenvalue weighted by Crippen LogP contribution is -2.57. The molecule has 2 aromatic carbocycles. The summed E-state index contributed by atoms with van der Waals surface area (Å²) in [6.07, 6.45) is 0. The Labute approximate surface area is 197 Å². The molecule has 9 heteroatoms. The van der Waals surface area contributed by atoms with Crippen molar-refractivity contribution < 1.29 is 27.9 Å². The predicted octanol–water partition coefficient (Wildman–Crippen LogP) is 3.34. The van der Waals surface area contributed by atoms with Crippen molar-refractivity contribution in [2.45, 2.75) is 33.4 Å². The number of nitrogens with one attached hydrogen (secondary N) is 1. The summed E-state index contributed by atoms with van der Waals surface area (Å²) in [6.45, 7) is 3.63. The van der Waals surface area contributed by atoms with Gasteiger partial charge in [-0.25, -0.2) is 0 Å². The molecule has 0 bridgehead atoms. The molecule has 7 nitrogen and oxygen atoms in total. The second-order valence-electron chi connectivity index (χ2n) is 8.55. The van der Waals surface area contributed by atoms with Crippen LogP contribution in [-0.4, -0.2) is 66.4 Å². The van der Waals surface area contributed by atoms with Crippen molar-refractivity contribution in [3.63, 3.8) is 0 Å². The van der Waals surface area contributed by atoms with E-state index in [1.807, 2.05) is 32.9 Å². The first-order chi connectivity index (χ1) is 16.2. The Bertz CT molecular complexity index is 1020. The fourth-order valence-corrected chi connectivity index (χ4v) is 3.78. The molecule has 0 aromatic heterocycles. The maximum absolute atomic E-state index is 13.2. The van der Waals surface area contributed by atoms with Gasteiger partial charge in [0, 0.05) is 31.7 Å². The molecule has 0 saturated carbocycles. The number of alkyl halides is 2. The fourth-order valence-electron chi connectivity index (χ4n) is 3.78. The summed E-state index contributed by atoms with van der Waals surface area (Å²) in [7, 11) is 0. The van der Waals surface area contributed by atoms with E-state index < -0.39 is 18.6 Å². The van der Waals surface area contributed by atoms with Crippen molar-refractivity contribution in [2.75, 3.05) is 26.2 Å². The lowest BCUT2D eigenvalue weighted by atomic mass is 10.0. The number of hydrogen-bond donors (Lipinski definition) is 1. The second kappa shape index (κ2) is 11.1. The van der Waals surface area contributed by atoms with E-state index in [0.717, 1.165) is 5.56 Å². The standard InChI is InChI=1S/C25H29F2N3O4/c1-16(2)21(28-22(31)18-10-8-17(3)9-11-18)24(33)30-14-12-29(13-15-30)23(32)19-6-4-5-7-20(19)34-25(26)27/h4-11,16,21,25H,12-15H2,1-3H3,(H,28,31). The van der Waals surface area contributed by atoms with Gasteiger partial charge in [0.15, 0.2) is 0 Å². The van der Waals surface area contributed by atoms with Crippen LogP contribution in [0.15, 0.2) is 48.5 Å². The topological polar surface area (TPSA) is 79.0 Å². The van der Waals surface area contributed by atoms with E-state index >= 15 is 0 Å². The molecule has 0 aliphatic carbocycles. The number of hydrogen-bond acceptors (Lipinski definition) is 4. The number of rotatable bonds is 7. The maximum Gasteiger partial charge on any atom is 0.387 e. The number of nitrogens with zero attached hydrogens (tertiary/aromatic N) is 2. The van der Waals surface area contributed by atoms with Crippen LogP contribution >= 0.6 is 0 Å². The molecule has 1 saturated heterocycles. The minimum absolute atomic E-state index is 0.0491. The lowest BCUT2D eigenvalue weighted by molar-refractivity contribution is -0.135. The van der Waals surface area contributed by atoms with Crippen molar-refractivity contribution in [1.82, 2.24) is 15.1 Å². The zero-order valence-electron chi connectivity index (χ0n) is 19.5. The molecule has 182 valence electrons. The molecule has 1 heterocycles. The first-order valence-electron chi connectivity index (χ1n) is 11.2. The Morgan fingerprint density at radius 2 is 1.50 bits per heavy atom. The summed E-state index contributed by atoms with van der Waals surface area (Å²) >= 11 is 0. The van der Waals surface area contributed by atoms with Gasteiger partial charge in [-0.05, 0) is 37.1 Å². The number of aryl methyl sites for hydroxylation is 1. The third kappa shape index (κ3) is 6.09. The molecule has 2 aromatic rings. The van der Waals surface area contributed by atoms with E-state index in [-0.39, 0.29) is 55.2 Å². The van der Waals surface area contributed by atoms with Gasteiger partial charge in [0.25, 0.3) is 11.8 Å². The van der Waals surface area contributed by atoms with Crippen LogP contribution < -0.4 is 10.1 Å². The molecule has 34 heavy (non-hydrogen) atoms. The first kappa shape index (κ1) is 25.1. The molecule has 3 amide bonds. The molecule has 0 radical (unpaired) electrons. The number of benzene rings is 2. The van der Waals surface area contributed by atoms with Gasteiger partial charge < -0.3 is 19.9 Å². The lowest BCUT2D eigenvalue weighted by Gasteiger charge is -2.37. The summed E-state index contributed by atoms with van der Waals surface area (Å²) in [5, 5.41) is 2.84. The maximum atomic E-state index is 13.2. The summed E-state index contributed by atoms with van der Waals surface area (Å²) in [4.78, 5) is 41.9. The van der Waals surface area contributed by atoms with Crippen LogP contribution in [0.3, 0.4) is 0 Å². The van der Waals surface area contributed by atoms with E-state index in [9.17, 15) is 23.2 Å². The minimum Gasteiger partial charge on any atom is -0.434 e. The molecule has 1 N–H and O–H groups in total. The van der Waals surface area contributed by atoms with Gasteiger partial charge in [-0.2, -0.15) is 8.78 Å². The largest absolute Gasteiger partial charge is 0.434 e. The smallest absolute Gasteiger partial charge is 0.387 e. The van der Waals surface area contributed by atoms with Crippen LogP contribution in [0.4, 0.5) is 8.78 Å².